The zero-order valence-corrected chi connectivity index (χ0v) is 17.1. The first kappa shape index (κ1) is 19.9. The quantitative estimate of drug-likeness (QED) is 0.816. The van der Waals surface area contributed by atoms with Crippen molar-refractivity contribution in [3.63, 3.8) is 0 Å². The molecule has 1 aliphatic heterocycles. The molecule has 1 saturated heterocycles. The Kier molecular flexibility index (Phi) is 5.88. The second-order valence-corrected chi connectivity index (χ2v) is 8.51. The highest BCUT2D eigenvalue weighted by atomic mass is 16.5. The maximum Gasteiger partial charge on any atom is 0.238 e. The van der Waals surface area contributed by atoms with E-state index in [1.54, 1.807) is 6.92 Å². The summed E-state index contributed by atoms with van der Waals surface area (Å²) in [6.45, 7) is 3.17. The number of aliphatic hydroxyl groups is 1. The summed E-state index contributed by atoms with van der Waals surface area (Å²) in [4.78, 5) is 14.6. The summed E-state index contributed by atoms with van der Waals surface area (Å²) in [7, 11) is 0. The number of para-hydroxylation sites is 1. The van der Waals surface area contributed by atoms with Gasteiger partial charge in [-0.05, 0) is 74.4 Å². The Morgan fingerprint density at radius 2 is 1.93 bits per heavy atom. The standard InChI is InChI=1S/C24H30N2O3/c1-24(28)17-26(14-13-22(24)29-21-9-3-2-4-10-21)16-23(27)25-20-12-11-18-7-5-6-8-19(18)15-20/h2-4,9-12,15,22,28H,5-8,13-14,16-17H2,1H3,(H,25,27)/t22-,24-/m0/s1. The van der Waals surface area contributed by atoms with Crippen LogP contribution in [-0.4, -0.2) is 47.3 Å². The third kappa shape index (κ3) is 4.98. The number of β-amino-alcohol motifs (C(OH)–C–C–N with tert-alkyl or cyclic N) is 1. The molecule has 1 fully saturated rings. The van der Waals surface area contributed by atoms with E-state index >= 15 is 0 Å². The second-order valence-electron chi connectivity index (χ2n) is 8.51. The van der Waals surface area contributed by atoms with E-state index in [2.05, 4.69) is 17.4 Å². The van der Waals surface area contributed by atoms with Crippen LogP contribution in [0.1, 0.15) is 37.3 Å². The van der Waals surface area contributed by atoms with Crippen LogP contribution in [0.15, 0.2) is 48.5 Å². The third-order valence-corrected chi connectivity index (χ3v) is 5.97. The van der Waals surface area contributed by atoms with Crippen molar-refractivity contribution in [2.75, 3.05) is 25.0 Å². The topological polar surface area (TPSA) is 61.8 Å². The van der Waals surface area contributed by atoms with Gasteiger partial charge in [0.2, 0.25) is 5.91 Å². The van der Waals surface area contributed by atoms with Crippen LogP contribution in [0.25, 0.3) is 0 Å². The minimum Gasteiger partial charge on any atom is -0.487 e. The van der Waals surface area contributed by atoms with Crippen LogP contribution >= 0.6 is 0 Å². The van der Waals surface area contributed by atoms with Crippen molar-refractivity contribution in [3.8, 4) is 5.75 Å². The SMILES string of the molecule is C[C@]1(O)CN(CC(=O)Nc2ccc3c(c2)CCCC3)CC[C@@H]1Oc1ccccc1. The summed E-state index contributed by atoms with van der Waals surface area (Å²) in [5, 5.41) is 13.9. The summed E-state index contributed by atoms with van der Waals surface area (Å²) < 4.78 is 6.00. The minimum atomic E-state index is -1.01. The molecule has 0 unspecified atom stereocenters. The fourth-order valence-electron chi connectivity index (χ4n) is 4.44. The molecule has 1 amide bonds. The van der Waals surface area contributed by atoms with Gasteiger partial charge in [0.15, 0.2) is 0 Å². The molecule has 1 heterocycles. The monoisotopic (exact) mass is 394 g/mol. The first-order chi connectivity index (χ1) is 14.0. The number of rotatable bonds is 5. The smallest absolute Gasteiger partial charge is 0.238 e. The summed E-state index contributed by atoms with van der Waals surface area (Å²) in [5.74, 6) is 0.718. The molecular weight excluding hydrogens is 364 g/mol. The first-order valence-corrected chi connectivity index (χ1v) is 10.6. The summed E-state index contributed by atoms with van der Waals surface area (Å²) in [5.41, 5.74) is 2.62. The number of nitrogens with one attached hydrogen (secondary N) is 1. The number of ether oxygens (including phenoxy) is 1. The molecule has 2 aromatic carbocycles. The molecule has 0 radical (unpaired) electrons. The predicted octanol–water partition coefficient (Wildman–Crippen LogP) is 3.41. The van der Waals surface area contributed by atoms with Crippen LogP contribution in [-0.2, 0) is 17.6 Å². The van der Waals surface area contributed by atoms with Crippen LogP contribution < -0.4 is 10.1 Å². The number of aryl methyl sites for hydroxylation is 2. The lowest BCUT2D eigenvalue weighted by atomic mass is 9.91. The number of piperidine rings is 1. The molecule has 2 N–H and O–H groups in total. The average molecular weight is 395 g/mol. The van der Waals surface area contributed by atoms with Crippen LogP contribution in [0.2, 0.25) is 0 Å². The number of likely N-dealkylation sites (tertiary alicyclic amines) is 1. The molecule has 1 aliphatic carbocycles. The van der Waals surface area contributed by atoms with Gasteiger partial charge in [-0.3, -0.25) is 9.69 Å². The Balaban J connectivity index is 1.31. The Morgan fingerprint density at radius 3 is 2.69 bits per heavy atom. The summed E-state index contributed by atoms with van der Waals surface area (Å²) >= 11 is 0. The molecule has 154 valence electrons. The molecule has 4 rings (SSSR count). The van der Waals surface area contributed by atoms with Gasteiger partial charge < -0.3 is 15.2 Å². The van der Waals surface area contributed by atoms with Crippen LogP contribution in [0.5, 0.6) is 5.75 Å². The van der Waals surface area contributed by atoms with Crippen LogP contribution in [0, 0.1) is 0 Å². The Bertz CT molecular complexity index is 850. The molecule has 29 heavy (non-hydrogen) atoms. The van der Waals surface area contributed by atoms with Crippen molar-refractivity contribution >= 4 is 11.6 Å². The van der Waals surface area contributed by atoms with E-state index in [-0.39, 0.29) is 18.6 Å². The molecule has 2 aromatic rings. The van der Waals surface area contributed by atoms with Gasteiger partial charge in [0.25, 0.3) is 0 Å². The molecule has 2 aliphatic rings. The Hall–Kier alpha value is -2.37. The maximum atomic E-state index is 12.6. The van der Waals surface area contributed by atoms with Crippen molar-refractivity contribution in [2.45, 2.75) is 50.7 Å². The number of nitrogens with zero attached hydrogens (tertiary/aromatic N) is 1. The number of carbonyl (C=O) groups is 1. The molecule has 2 atom stereocenters. The van der Waals surface area contributed by atoms with E-state index in [4.69, 9.17) is 4.74 Å². The van der Waals surface area contributed by atoms with Crippen molar-refractivity contribution in [2.24, 2.45) is 0 Å². The molecule has 0 aromatic heterocycles. The van der Waals surface area contributed by atoms with E-state index in [9.17, 15) is 9.90 Å². The zero-order valence-electron chi connectivity index (χ0n) is 17.1. The number of hydrogen-bond donors (Lipinski definition) is 2. The van der Waals surface area contributed by atoms with Gasteiger partial charge >= 0.3 is 0 Å². The zero-order chi connectivity index (χ0) is 20.3. The van der Waals surface area contributed by atoms with E-state index in [1.807, 2.05) is 41.3 Å². The number of benzene rings is 2. The Morgan fingerprint density at radius 1 is 1.17 bits per heavy atom. The summed E-state index contributed by atoms with van der Waals surface area (Å²) in [6, 6.07) is 15.8. The maximum absolute atomic E-state index is 12.6. The lowest BCUT2D eigenvalue weighted by Gasteiger charge is -2.42. The van der Waals surface area contributed by atoms with Gasteiger partial charge in [0, 0.05) is 18.8 Å². The van der Waals surface area contributed by atoms with E-state index in [1.165, 1.54) is 24.0 Å². The van der Waals surface area contributed by atoms with Crippen molar-refractivity contribution in [3.05, 3.63) is 59.7 Å². The highest BCUT2D eigenvalue weighted by Crippen LogP contribution is 2.27. The number of fused-ring (bicyclic) bond motifs is 1. The third-order valence-electron chi connectivity index (χ3n) is 5.97. The minimum absolute atomic E-state index is 0.0426. The van der Waals surface area contributed by atoms with Crippen molar-refractivity contribution in [1.82, 2.24) is 4.90 Å². The van der Waals surface area contributed by atoms with Crippen molar-refractivity contribution in [1.29, 1.82) is 0 Å². The normalized spacial score (nSPS) is 24.6. The Labute approximate surface area is 172 Å². The molecular formula is C24H30N2O3. The largest absolute Gasteiger partial charge is 0.487 e. The van der Waals surface area contributed by atoms with Gasteiger partial charge in [-0.1, -0.05) is 24.3 Å². The number of carbonyl (C=O) groups excluding carboxylic acids is 1. The molecule has 0 bridgehead atoms. The highest BCUT2D eigenvalue weighted by molar-refractivity contribution is 5.92. The lowest BCUT2D eigenvalue weighted by Crippen LogP contribution is -2.58. The highest BCUT2D eigenvalue weighted by Gasteiger charge is 2.40. The van der Waals surface area contributed by atoms with Crippen LogP contribution in [0.4, 0.5) is 5.69 Å². The molecule has 5 nitrogen and oxygen atoms in total. The number of hydrogen-bond acceptors (Lipinski definition) is 4. The van der Waals surface area contributed by atoms with Gasteiger partial charge in [-0.25, -0.2) is 0 Å². The average Bonchev–Trinajstić information content (AvgIpc) is 2.70. The van der Waals surface area contributed by atoms with E-state index in [0.29, 0.717) is 19.5 Å². The molecule has 0 saturated carbocycles. The molecule has 5 heteroatoms. The van der Waals surface area contributed by atoms with Crippen LogP contribution in [0.3, 0.4) is 0 Å². The van der Waals surface area contributed by atoms with Crippen molar-refractivity contribution < 1.29 is 14.6 Å². The van der Waals surface area contributed by atoms with E-state index < -0.39 is 5.60 Å². The van der Waals surface area contributed by atoms with Gasteiger partial charge in [-0.15, -0.1) is 0 Å². The second kappa shape index (κ2) is 8.56. The van der Waals surface area contributed by atoms with Gasteiger partial charge in [-0.2, -0.15) is 0 Å². The predicted molar refractivity (Wildman–Crippen MR) is 114 cm³/mol. The first-order valence-electron chi connectivity index (χ1n) is 10.6. The van der Waals surface area contributed by atoms with E-state index in [0.717, 1.165) is 24.3 Å². The van der Waals surface area contributed by atoms with Gasteiger partial charge in [0.1, 0.15) is 17.5 Å². The molecule has 0 spiro atoms. The lowest BCUT2D eigenvalue weighted by molar-refractivity contribution is -0.123. The number of amides is 1. The van der Waals surface area contributed by atoms with Gasteiger partial charge in [0.05, 0.1) is 6.54 Å². The fourth-order valence-corrected chi connectivity index (χ4v) is 4.44. The summed E-state index contributed by atoms with van der Waals surface area (Å²) in [6.07, 6.45) is 5.09. The number of anilines is 1. The fraction of sp³-hybridized carbons (Fsp3) is 0.458.